The fourth-order valence-corrected chi connectivity index (χ4v) is 2.20. The van der Waals surface area contributed by atoms with Crippen LogP contribution in [0.1, 0.15) is 26.6 Å². The molecule has 0 fully saturated rings. The molecule has 0 bridgehead atoms. The Hall–Kier alpha value is -3.15. The Morgan fingerprint density at radius 3 is 2.74 bits per heavy atom. The van der Waals surface area contributed by atoms with Crippen molar-refractivity contribution in [3.63, 3.8) is 0 Å². The molecule has 0 spiro atoms. The zero-order valence-corrected chi connectivity index (χ0v) is 12.6. The highest BCUT2D eigenvalue weighted by Gasteiger charge is 2.17. The van der Waals surface area contributed by atoms with E-state index in [4.69, 9.17) is 9.15 Å². The number of benzene rings is 1. The molecule has 6 nitrogen and oxygen atoms in total. The normalized spacial score (nSPS) is 10.5. The molecule has 0 saturated carbocycles. The van der Waals surface area contributed by atoms with E-state index in [2.05, 4.69) is 10.3 Å². The van der Waals surface area contributed by atoms with Crippen molar-refractivity contribution in [2.24, 2.45) is 0 Å². The SMILES string of the molecule is COC(=O)c1ccccc1NC(=O)c1cc2nc(C)ccc2o1. The van der Waals surface area contributed by atoms with E-state index in [-0.39, 0.29) is 11.3 Å². The number of fused-ring (bicyclic) bond motifs is 1. The molecule has 1 N–H and O–H groups in total. The number of rotatable bonds is 3. The van der Waals surface area contributed by atoms with E-state index in [1.54, 1.807) is 42.5 Å². The number of pyridine rings is 1. The van der Waals surface area contributed by atoms with Gasteiger partial charge in [0.1, 0.15) is 5.52 Å². The van der Waals surface area contributed by atoms with Gasteiger partial charge in [-0.3, -0.25) is 4.79 Å². The lowest BCUT2D eigenvalue weighted by Crippen LogP contribution is -2.14. The lowest BCUT2D eigenvalue weighted by molar-refractivity contribution is 0.0602. The maximum Gasteiger partial charge on any atom is 0.339 e. The van der Waals surface area contributed by atoms with Crippen LogP contribution < -0.4 is 5.32 Å². The van der Waals surface area contributed by atoms with Gasteiger partial charge in [-0.2, -0.15) is 0 Å². The van der Waals surface area contributed by atoms with Gasteiger partial charge in [0.05, 0.1) is 18.4 Å². The van der Waals surface area contributed by atoms with E-state index >= 15 is 0 Å². The summed E-state index contributed by atoms with van der Waals surface area (Å²) >= 11 is 0. The molecule has 3 aromatic rings. The molecule has 3 rings (SSSR count). The quantitative estimate of drug-likeness (QED) is 0.751. The van der Waals surface area contributed by atoms with Gasteiger partial charge in [-0.1, -0.05) is 12.1 Å². The number of amides is 1. The first-order chi connectivity index (χ1) is 11.1. The number of aryl methyl sites for hydroxylation is 1. The third-order valence-corrected chi connectivity index (χ3v) is 3.32. The van der Waals surface area contributed by atoms with E-state index < -0.39 is 11.9 Å². The van der Waals surface area contributed by atoms with Gasteiger partial charge in [0.15, 0.2) is 11.3 Å². The smallest absolute Gasteiger partial charge is 0.339 e. The fourth-order valence-electron chi connectivity index (χ4n) is 2.20. The van der Waals surface area contributed by atoms with Crippen molar-refractivity contribution in [2.45, 2.75) is 6.92 Å². The topological polar surface area (TPSA) is 81.4 Å². The van der Waals surface area contributed by atoms with Crippen LogP contribution in [-0.2, 0) is 4.74 Å². The summed E-state index contributed by atoms with van der Waals surface area (Å²) in [6, 6.07) is 11.7. The average Bonchev–Trinajstić information content (AvgIpc) is 2.98. The number of hydrogen-bond acceptors (Lipinski definition) is 5. The molecule has 1 amide bonds. The number of carbonyl (C=O) groups is 2. The Bertz CT molecular complexity index is 898. The van der Waals surface area contributed by atoms with E-state index in [1.165, 1.54) is 7.11 Å². The van der Waals surface area contributed by atoms with Gasteiger partial charge in [0, 0.05) is 11.8 Å². The molecule has 116 valence electrons. The highest BCUT2D eigenvalue weighted by Crippen LogP contribution is 2.21. The van der Waals surface area contributed by atoms with Crippen LogP contribution in [0.15, 0.2) is 46.9 Å². The number of nitrogens with one attached hydrogen (secondary N) is 1. The molecule has 0 atom stereocenters. The number of esters is 1. The average molecular weight is 310 g/mol. The first-order valence-corrected chi connectivity index (χ1v) is 6.94. The molecule has 2 aromatic heterocycles. The summed E-state index contributed by atoms with van der Waals surface area (Å²) in [4.78, 5) is 28.4. The Balaban J connectivity index is 1.90. The minimum atomic E-state index is -0.525. The summed E-state index contributed by atoms with van der Waals surface area (Å²) in [5, 5.41) is 2.66. The predicted molar refractivity (Wildman–Crippen MR) is 84.5 cm³/mol. The van der Waals surface area contributed by atoms with E-state index in [9.17, 15) is 9.59 Å². The van der Waals surface area contributed by atoms with Gasteiger partial charge in [0.25, 0.3) is 5.91 Å². The molecule has 0 unspecified atom stereocenters. The van der Waals surface area contributed by atoms with Crippen molar-refractivity contribution < 1.29 is 18.7 Å². The largest absolute Gasteiger partial charge is 0.465 e. The molecule has 0 aliphatic carbocycles. The second kappa shape index (κ2) is 5.92. The number of aromatic nitrogens is 1. The second-order valence-corrected chi connectivity index (χ2v) is 4.94. The van der Waals surface area contributed by atoms with Crippen molar-refractivity contribution in [1.82, 2.24) is 4.98 Å². The zero-order valence-electron chi connectivity index (χ0n) is 12.6. The summed E-state index contributed by atoms with van der Waals surface area (Å²) < 4.78 is 10.2. The monoisotopic (exact) mass is 310 g/mol. The number of anilines is 1. The van der Waals surface area contributed by atoms with Gasteiger partial charge in [-0.25, -0.2) is 9.78 Å². The molecule has 23 heavy (non-hydrogen) atoms. The maximum absolute atomic E-state index is 12.3. The third kappa shape index (κ3) is 2.91. The first kappa shape index (κ1) is 14.8. The minimum Gasteiger partial charge on any atom is -0.465 e. The second-order valence-electron chi connectivity index (χ2n) is 4.94. The summed E-state index contributed by atoms with van der Waals surface area (Å²) in [6.45, 7) is 1.86. The Kier molecular flexibility index (Phi) is 3.80. The lowest BCUT2D eigenvalue weighted by Gasteiger charge is -2.08. The summed E-state index contributed by atoms with van der Waals surface area (Å²) in [5.74, 6) is -0.863. The standard InChI is InChI=1S/C17H14N2O4/c1-10-7-8-14-13(18-10)9-15(23-14)16(20)19-12-6-4-3-5-11(12)17(21)22-2/h3-9H,1-2H3,(H,19,20). The predicted octanol–water partition coefficient (Wildman–Crippen LogP) is 3.18. The number of methoxy groups -OCH3 is 1. The molecule has 6 heteroatoms. The number of ether oxygens (including phenoxy) is 1. The van der Waals surface area contributed by atoms with Crippen LogP contribution in [0, 0.1) is 6.92 Å². The van der Waals surface area contributed by atoms with Crippen molar-refractivity contribution in [3.05, 3.63) is 59.5 Å². The highest BCUT2D eigenvalue weighted by atomic mass is 16.5. The number of furan rings is 1. The fraction of sp³-hybridized carbons (Fsp3) is 0.118. The third-order valence-electron chi connectivity index (χ3n) is 3.32. The van der Waals surface area contributed by atoms with Crippen molar-refractivity contribution in [3.8, 4) is 0 Å². The van der Waals surface area contributed by atoms with Gasteiger partial charge in [0.2, 0.25) is 0 Å². The van der Waals surface area contributed by atoms with Gasteiger partial charge in [-0.05, 0) is 31.2 Å². The van der Waals surface area contributed by atoms with Crippen molar-refractivity contribution in [2.75, 3.05) is 12.4 Å². The van der Waals surface area contributed by atoms with Crippen LogP contribution in [0.3, 0.4) is 0 Å². The van der Waals surface area contributed by atoms with Crippen molar-refractivity contribution >= 4 is 28.7 Å². The van der Waals surface area contributed by atoms with Crippen LogP contribution in [0.25, 0.3) is 11.1 Å². The Morgan fingerprint density at radius 2 is 1.96 bits per heavy atom. The molecule has 0 radical (unpaired) electrons. The molecule has 2 heterocycles. The van der Waals surface area contributed by atoms with E-state index in [0.717, 1.165) is 5.69 Å². The molecule has 0 aliphatic heterocycles. The summed E-state index contributed by atoms with van der Waals surface area (Å²) in [7, 11) is 1.29. The van der Waals surface area contributed by atoms with Crippen LogP contribution in [0.2, 0.25) is 0 Å². The van der Waals surface area contributed by atoms with Gasteiger partial charge < -0.3 is 14.5 Å². The van der Waals surface area contributed by atoms with Crippen LogP contribution in [-0.4, -0.2) is 24.0 Å². The molecule has 0 saturated heterocycles. The van der Waals surface area contributed by atoms with Crippen molar-refractivity contribution in [1.29, 1.82) is 0 Å². The van der Waals surface area contributed by atoms with Crippen LogP contribution >= 0.6 is 0 Å². The summed E-state index contributed by atoms with van der Waals surface area (Å²) in [5.41, 5.74) is 2.60. The summed E-state index contributed by atoms with van der Waals surface area (Å²) in [6.07, 6.45) is 0. The molecular formula is C17H14N2O4. The molecular weight excluding hydrogens is 296 g/mol. The van der Waals surface area contributed by atoms with Gasteiger partial charge >= 0.3 is 5.97 Å². The highest BCUT2D eigenvalue weighted by molar-refractivity contribution is 6.07. The van der Waals surface area contributed by atoms with E-state index in [0.29, 0.717) is 16.8 Å². The first-order valence-electron chi connectivity index (χ1n) is 6.94. The van der Waals surface area contributed by atoms with Gasteiger partial charge in [-0.15, -0.1) is 0 Å². The zero-order chi connectivity index (χ0) is 16.4. The number of nitrogens with zero attached hydrogens (tertiary/aromatic N) is 1. The number of hydrogen-bond donors (Lipinski definition) is 1. The number of carbonyl (C=O) groups excluding carboxylic acids is 2. The molecule has 0 aliphatic rings. The number of para-hydroxylation sites is 1. The Morgan fingerprint density at radius 1 is 1.17 bits per heavy atom. The van der Waals surface area contributed by atoms with Crippen LogP contribution in [0.4, 0.5) is 5.69 Å². The minimum absolute atomic E-state index is 0.123. The maximum atomic E-state index is 12.3. The van der Waals surface area contributed by atoms with Crippen LogP contribution in [0.5, 0.6) is 0 Å². The lowest BCUT2D eigenvalue weighted by atomic mass is 10.2. The molecule has 1 aromatic carbocycles. The van der Waals surface area contributed by atoms with E-state index in [1.807, 2.05) is 6.92 Å². The Labute approximate surface area is 132 Å².